The maximum absolute atomic E-state index is 12.0. The van der Waals surface area contributed by atoms with E-state index in [2.05, 4.69) is 5.32 Å². The molecule has 1 atom stereocenters. The maximum Gasteiger partial charge on any atom is 0.338 e. The van der Waals surface area contributed by atoms with Crippen molar-refractivity contribution in [3.63, 3.8) is 0 Å². The number of nitrogens with zero attached hydrogens (tertiary/aromatic N) is 1. The van der Waals surface area contributed by atoms with Gasteiger partial charge in [-0.05, 0) is 37.1 Å². The molecule has 0 unspecified atom stereocenters. The Balaban J connectivity index is 1.76. The summed E-state index contributed by atoms with van der Waals surface area (Å²) in [5.41, 5.74) is 0.316. The third-order valence-corrected chi connectivity index (χ3v) is 3.96. The Morgan fingerprint density at radius 3 is 2.62 bits per heavy atom. The van der Waals surface area contributed by atoms with Crippen molar-refractivity contribution < 1.29 is 28.6 Å². The summed E-state index contributed by atoms with van der Waals surface area (Å²) in [5, 5.41) is 2.41. The van der Waals surface area contributed by atoms with Crippen molar-refractivity contribution in [1.29, 1.82) is 0 Å². The van der Waals surface area contributed by atoms with E-state index in [0.717, 1.165) is 19.4 Å². The van der Waals surface area contributed by atoms with Crippen LogP contribution in [0.2, 0.25) is 0 Å². The third kappa shape index (κ3) is 6.03. The van der Waals surface area contributed by atoms with Gasteiger partial charge in [0.2, 0.25) is 5.91 Å². The van der Waals surface area contributed by atoms with Gasteiger partial charge in [-0.3, -0.25) is 9.59 Å². The number of carbonyl (C=O) groups is 3. The summed E-state index contributed by atoms with van der Waals surface area (Å²) in [6.07, 6.45) is 2.17. The minimum Gasteiger partial charge on any atom is -0.491 e. The summed E-state index contributed by atoms with van der Waals surface area (Å²) < 4.78 is 16.1. The molecule has 1 saturated heterocycles. The van der Waals surface area contributed by atoms with E-state index >= 15 is 0 Å². The second kappa shape index (κ2) is 9.76. The summed E-state index contributed by atoms with van der Waals surface area (Å²) in [6.45, 7) is 0.735. The molecule has 1 heterocycles. The SMILES string of the molecule is CNC(=O)CN(C)C(=O)COC(=O)c1ccc(OC[C@H]2CCCO2)cc1. The molecule has 2 amide bonds. The second-order valence-electron chi connectivity index (χ2n) is 5.97. The van der Waals surface area contributed by atoms with E-state index in [1.165, 1.54) is 19.0 Å². The monoisotopic (exact) mass is 364 g/mol. The average Bonchev–Trinajstić information content (AvgIpc) is 3.18. The molecule has 0 saturated carbocycles. The van der Waals surface area contributed by atoms with Gasteiger partial charge in [0.05, 0.1) is 18.2 Å². The number of ether oxygens (including phenoxy) is 3. The lowest BCUT2D eigenvalue weighted by molar-refractivity contribution is -0.137. The zero-order valence-electron chi connectivity index (χ0n) is 15.0. The molecule has 1 aromatic rings. The lowest BCUT2D eigenvalue weighted by Crippen LogP contribution is -2.39. The van der Waals surface area contributed by atoms with Crippen molar-refractivity contribution in [2.75, 3.05) is 40.5 Å². The zero-order valence-corrected chi connectivity index (χ0v) is 15.0. The highest BCUT2D eigenvalue weighted by atomic mass is 16.5. The number of benzene rings is 1. The fraction of sp³-hybridized carbons (Fsp3) is 0.500. The number of nitrogens with one attached hydrogen (secondary N) is 1. The molecule has 8 nitrogen and oxygen atoms in total. The lowest BCUT2D eigenvalue weighted by atomic mass is 10.2. The summed E-state index contributed by atoms with van der Waals surface area (Å²) in [5.74, 6) is -0.736. The molecule has 1 N–H and O–H groups in total. The topological polar surface area (TPSA) is 94.2 Å². The molecular weight excluding hydrogens is 340 g/mol. The number of rotatable bonds is 8. The molecule has 142 valence electrons. The smallest absolute Gasteiger partial charge is 0.338 e. The standard InChI is InChI=1S/C18H24N2O6/c1-19-16(21)10-20(2)17(22)12-26-18(23)13-5-7-14(8-6-13)25-11-15-4-3-9-24-15/h5-8,15H,3-4,9-12H2,1-2H3,(H,19,21)/t15-/m1/s1. The lowest BCUT2D eigenvalue weighted by Gasteiger charge is -2.16. The Kier molecular flexibility index (Phi) is 7.40. The number of hydrogen-bond acceptors (Lipinski definition) is 6. The van der Waals surface area contributed by atoms with Gasteiger partial charge in [-0.15, -0.1) is 0 Å². The van der Waals surface area contributed by atoms with E-state index in [-0.39, 0.29) is 18.6 Å². The fourth-order valence-corrected chi connectivity index (χ4v) is 2.36. The fourth-order valence-electron chi connectivity index (χ4n) is 2.36. The van der Waals surface area contributed by atoms with E-state index in [4.69, 9.17) is 14.2 Å². The van der Waals surface area contributed by atoms with E-state index in [9.17, 15) is 14.4 Å². The number of carbonyl (C=O) groups excluding carboxylic acids is 3. The van der Waals surface area contributed by atoms with Gasteiger partial charge in [-0.2, -0.15) is 0 Å². The van der Waals surface area contributed by atoms with Crippen LogP contribution >= 0.6 is 0 Å². The molecule has 26 heavy (non-hydrogen) atoms. The first kappa shape index (κ1) is 19.7. The van der Waals surface area contributed by atoms with E-state index in [1.807, 2.05) is 0 Å². The summed E-state index contributed by atoms with van der Waals surface area (Å²) in [4.78, 5) is 36.2. The predicted molar refractivity (Wildman–Crippen MR) is 92.9 cm³/mol. The predicted octanol–water partition coefficient (Wildman–Crippen LogP) is 0.606. The molecular formula is C18H24N2O6. The van der Waals surface area contributed by atoms with Crippen molar-refractivity contribution in [2.45, 2.75) is 18.9 Å². The van der Waals surface area contributed by atoms with Gasteiger partial charge in [0.25, 0.3) is 5.91 Å². The summed E-state index contributed by atoms with van der Waals surface area (Å²) in [7, 11) is 2.94. The first-order valence-corrected chi connectivity index (χ1v) is 8.45. The molecule has 1 aliphatic heterocycles. The molecule has 0 radical (unpaired) electrons. The number of amides is 2. The Hall–Kier alpha value is -2.61. The largest absolute Gasteiger partial charge is 0.491 e. The van der Waals surface area contributed by atoms with Gasteiger partial charge in [-0.25, -0.2) is 4.79 Å². The summed E-state index contributed by atoms with van der Waals surface area (Å²) >= 11 is 0. The van der Waals surface area contributed by atoms with Crippen LogP contribution in [0.4, 0.5) is 0 Å². The van der Waals surface area contributed by atoms with Gasteiger partial charge in [-0.1, -0.05) is 0 Å². The highest BCUT2D eigenvalue weighted by molar-refractivity contribution is 5.92. The highest BCUT2D eigenvalue weighted by Crippen LogP contribution is 2.17. The zero-order chi connectivity index (χ0) is 18.9. The van der Waals surface area contributed by atoms with Gasteiger partial charge in [0.15, 0.2) is 6.61 Å². The molecule has 0 aromatic heterocycles. The quantitative estimate of drug-likeness (QED) is 0.679. The molecule has 0 spiro atoms. The van der Waals surface area contributed by atoms with Gasteiger partial charge >= 0.3 is 5.97 Å². The third-order valence-electron chi connectivity index (χ3n) is 3.96. The number of likely N-dealkylation sites (N-methyl/N-ethyl adjacent to an activating group) is 2. The number of hydrogen-bond donors (Lipinski definition) is 1. The van der Waals surface area contributed by atoms with Crippen LogP contribution in [0.1, 0.15) is 23.2 Å². The van der Waals surface area contributed by atoms with Crippen LogP contribution in [-0.4, -0.2) is 69.2 Å². The summed E-state index contributed by atoms with van der Waals surface area (Å²) in [6, 6.07) is 6.49. The van der Waals surface area contributed by atoms with Crippen LogP contribution in [0.5, 0.6) is 5.75 Å². The molecule has 1 fully saturated rings. The Bertz CT molecular complexity index is 625. The second-order valence-corrected chi connectivity index (χ2v) is 5.97. The van der Waals surface area contributed by atoms with E-state index in [1.54, 1.807) is 24.3 Å². The highest BCUT2D eigenvalue weighted by Gasteiger charge is 2.17. The van der Waals surface area contributed by atoms with Crippen molar-refractivity contribution in [3.05, 3.63) is 29.8 Å². The van der Waals surface area contributed by atoms with Crippen molar-refractivity contribution in [3.8, 4) is 5.75 Å². The first-order chi connectivity index (χ1) is 12.5. The Morgan fingerprint density at radius 2 is 2.00 bits per heavy atom. The van der Waals surface area contributed by atoms with Crippen LogP contribution in [0.25, 0.3) is 0 Å². The minimum atomic E-state index is -0.614. The van der Waals surface area contributed by atoms with Crippen molar-refractivity contribution in [2.24, 2.45) is 0 Å². The average molecular weight is 364 g/mol. The Morgan fingerprint density at radius 1 is 1.27 bits per heavy atom. The van der Waals surface area contributed by atoms with Crippen LogP contribution in [-0.2, 0) is 19.1 Å². The van der Waals surface area contributed by atoms with Crippen LogP contribution in [0.15, 0.2) is 24.3 Å². The molecule has 0 aliphatic carbocycles. The van der Waals surface area contributed by atoms with E-state index in [0.29, 0.717) is 17.9 Å². The van der Waals surface area contributed by atoms with Gasteiger partial charge in [0, 0.05) is 20.7 Å². The van der Waals surface area contributed by atoms with Gasteiger partial charge < -0.3 is 24.4 Å². The maximum atomic E-state index is 12.0. The molecule has 1 aromatic carbocycles. The molecule has 0 bridgehead atoms. The van der Waals surface area contributed by atoms with Gasteiger partial charge in [0.1, 0.15) is 12.4 Å². The normalized spacial score (nSPS) is 16.0. The van der Waals surface area contributed by atoms with Crippen LogP contribution in [0.3, 0.4) is 0 Å². The Labute approximate surface area is 152 Å². The molecule has 8 heteroatoms. The first-order valence-electron chi connectivity index (χ1n) is 8.45. The molecule has 2 rings (SSSR count). The minimum absolute atomic E-state index is 0.0936. The van der Waals surface area contributed by atoms with Crippen molar-refractivity contribution in [1.82, 2.24) is 10.2 Å². The number of esters is 1. The van der Waals surface area contributed by atoms with Crippen molar-refractivity contribution >= 4 is 17.8 Å². The molecule has 1 aliphatic rings. The van der Waals surface area contributed by atoms with Crippen LogP contribution in [0, 0.1) is 0 Å². The van der Waals surface area contributed by atoms with E-state index < -0.39 is 18.5 Å². The van der Waals surface area contributed by atoms with Crippen LogP contribution < -0.4 is 10.1 Å².